The van der Waals surface area contributed by atoms with Crippen molar-refractivity contribution in [2.75, 3.05) is 16.0 Å². The molecule has 0 fully saturated rings. The minimum atomic E-state index is -0.348. The lowest BCUT2D eigenvalue weighted by atomic mass is 10.2. The number of benzene rings is 1. The third kappa shape index (κ3) is 5.06. The van der Waals surface area contributed by atoms with Crippen LogP contribution in [0, 0.1) is 0 Å². The highest BCUT2D eigenvalue weighted by molar-refractivity contribution is 6.03. The normalized spacial score (nSPS) is 10.3. The van der Waals surface area contributed by atoms with Gasteiger partial charge in [0.2, 0.25) is 11.9 Å². The molecule has 0 aliphatic carbocycles. The monoisotopic (exact) mass is 313 g/mol. The maximum atomic E-state index is 12.3. The highest BCUT2D eigenvalue weighted by atomic mass is 16.2. The molecule has 120 valence electrons. The third-order valence-electron chi connectivity index (χ3n) is 2.75. The topological polar surface area (TPSA) is 96.0 Å². The number of nitrogens with zero attached hydrogens (tertiary/aromatic N) is 2. The van der Waals surface area contributed by atoms with Gasteiger partial charge in [-0.25, -0.2) is 9.97 Å². The van der Waals surface area contributed by atoms with E-state index in [1.165, 1.54) is 13.1 Å². The second-order valence-corrected chi connectivity index (χ2v) is 5.28. The van der Waals surface area contributed by atoms with Crippen LogP contribution in [0.3, 0.4) is 0 Å². The Labute approximate surface area is 134 Å². The zero-order valence-corrected chi connectivity index (χ0v) is 13.3. The average molecular weight is 313 g/mol. The van der Waals surface area contributed by atoms with Crippen LogP contribution in [0.25, 0.3) is 0 Å². The molecule has 0 bridgehead atoms. The molecule has 0 radical (unpaired) electrons. The number of hydrogen-bond donors (Lipinski definition) is 3. The van der Waals surface area contributed by atoms with E-state index in [0.29, 0.717) is 17.3 Å². The first-order valence-corrected chi connectivity index (χ1v) is 7.22. The summed E-state index contributed by atoms with van der Waals surface area (Å²) >= 11 is 0. The standard InChI is InChI=1S/C16H19N5O2/c1-10(2)18-16-17-8-7-14(21-16)15(23)20-13-6-4-5-12(9-13)19-11(3)22/h4-10H,1-3H3,(H,19,22)(H,20,23)(H,17,18,21). The van der Waals surface area contributed by atoms with Crippen LogP contribution in [0.2, 0.25) is 0 Å². The van der Waals surface area contributed by atoms with Crippen molar-refractivity contribution >= 4 is 29.1 Å². The van der Waals surface area contributed by atoms with E-state index in [0.717, 1.165) is 0 Å². The van der Waals surface area contributed by atoms with Gasteiger partial charge < -0.3 is 16.0 Å². The van der Waals surface area contributed by atoms with Crippen LogP contribution in [0.4, 0.5) is 17.3 Å². The van der Waals surface area contributed by atoms with Gasteiger partial charge in [0.15, 0.2) is 0 Å². The van der Waals surface area contributed by atoms with E-state index in [-0.39, 0.29) is 23.6 Å². The van der Waals surface area contributed by atoms with Crippen LogP contribution in [-0.2, 0) is 4.79 Å². The Hall–Kier alpha value is -2.96. The zero-order chi connectivity index (χ0) is 16.8. The van der Waals surface area contributed by atoms with Crippen molar-refractivity contribution in [1.82, 2.24) is 9.97 Å². The van der Waals surface area contributed by atoms with Gasteiger partial charge in [0.1, 0.15) is 5.69 Å². The molecule has 7 heteroatoms. The molecule has 0 aliphatic heterocycles. The smallest absolute Gasteiger partial charge is 0.274 e. The van der Waals surface area contributed by atoms with Crippen molar-refractivity contribution in [1.29, 1.82) is 0 Å². The van der Waals surface area contributed by atoms with Crippen molar-refractivity contribution in [3.63, 3.8) is 0 Å². The number of anilines is 3. The lowest BCUT2D eigenvalue weighted by Gasteiger charge is -2.10. The molecule has 7 nitrogen and oxygen atoms in total. The summed E-state index contributed by atoms with van der Waals surface area (Å²) in [6, 6.07) is 8.60. The molecule has 2 amide bonds. The predicted octanol–water partition coefficient (Wildman–Crippen LogP) is 2.51. The van der Waals surface area contributed by atoms with E-state index in [2.05, 4.69) is 25.9 Å². The number of aromatic nitrogens is 2. The molecule has 0 unspecified atom stereocenters. The van der Waals surface area contributed by atoms with Crippen LogP contribution in [0.1, 0.15) is 31.3 Å². The van der Waals surface area contributed by atoms with Gasteiger partial charge in [0.05, 0.1) is 0 Å². The van der Waals surface area contributed by atoms with Crippen LogP contribution < -0.4 is 16.0 Å². The molecule has 0 atom stereocenters. The fourth-order valence-corrected chi connectivity index (χ4v) is 1.89. The molecule has 2 aromatic rings. The number of nitrogens with one attached hydrogen (secondary N) is 3. The molecule has 0 spiro atoms. The summed E-state index contributed by atoms with van der Waals surface area (Å²) in [4.78, 5) is 31.6. The Balaban J connectivity index is 2.11. The first kappa shape index (κ1) is 16.4. The minimum absolute atomic E-state index is 0.169. The average Bonchev–Trinajstić information content (AvgIpc) is 2.46. The van der Waals surface area contributed by atoms with Crippen molar-refractivity contribution in [2.45, 2.75) is 26.8 Å². The summed E-state index contributed by atoms with van der Waals surface area (Å²) < 4.78 is 0. The van der Waals surface area contributed by atoms with Gasteiger partial charge in [-0.1, -0.05) is 6.07 Å². The van der Waals surface area contributed by atoms with Crippen LogP contribution in [-0.4, -0.2) is 27.8 Å². The molecular formula is C16H19N5O2. The fourth-order valence-electron chi connectivity index (χ4n) is 1.89. The van der Waals surface area contributed by atoms with Gasteiger partial charge in [-0.2, -0.15) is 0 Å². The molecular weight excluding hydrogens is 294 g/mol. The van der Waals surface area contributed by atoms with E-state index in [9.17, 15) is 9.59 Å². The largest absolute Gasteiger partial charge is 0.352 e. The van der Waals surface area contributed by atoms with Crippen LogP contribution in [0.15, 0.2) is 36.5 Å². The van der Waals surface area contributed by atoms with Crippen molar-refractivity contribution in [3.8, 4) is 0 Å². The number of rotatable bonds is 5. The minimum Gasteiger partial charge on any atom is -0.352 e. The second kappa shape index (κ2) is 7.35. The second-order valence-electron chi connectivity index (χ2n) is 5.28. The maximum Gasteiger partial charge on any atom is 0.274 e. The molecule has 23 heavy (non-hydrogen) atoms. The number of hydrogen-bond acceptors (Lipinski definition) is 5. The summed E-state index contributed by atoms with van der Waals surface area (Å²) in [6.45, 7) is 5.35. The van der Waals surface area contributed by atoms with E-state index < -0.39 is 0 Å². The summed E-state index contributed by atoms with van der Waals surface area (Å²) in [6.07, 6.45) is 1.53. The van der Waals surface area contributed by atoms with Crippen molar-refractivity contribution < 1.29 is 9.59 Å². The molecule has 2 rings (SSSR count). The van der Waals surface area contributed by atoms with Crippen molar-refractivity contribution in [3.05, 3.63) is 42.2 Å². The lowest BCUT2D eigenvalue weighted by molar-refractivity contribution is -0.114. The van der Waals surface area contributed by atoms with E-state index in [1.807, 2.05) is 13.8 Å². The third-order valence-corrected chi connectivity index (χ3v) is 2.75. The summed E-state index contributed by atoms with van der Waals surface area (Å²) in [5.41, 5.74) is 1.44. The number of amides is 2. The summed E-state index contributed by atoms with van der Waals surface area (Å²) in [5.74, 6) is -0.118. The summed E-state index contributed by atoms with van der Waals surface area (Å²) in [7, 11) is 0. The molecule has 0 aliphatic rings. The highest BCUT2D eigenvalue weighted by Crippen LogP contribution is 2.16. The molecule has 1 aromatic heterocycles. The van der Waals surface area contributed by atoms with Gasteiger partial charge in [-0.05, 0) is 38.1 Å². The van der Waals surface area contributed by atoms with E-state index in [4.69, 9.17) is 0 Å². The first-order chi connectivity index (χ1) is 10.9. The quantitative estimate of drug-likeness (QED) is 0.788. The van der Waals surface area contributed by atoms with E-state index in [1.54, 1.807) is 30.3 Å². The Bertz CT molecular complexity index is 715. The van der Waals surface area contributed by atoms with Crippen molar-refractivity contribution in [2.24, 2.45) is 0 Å². The highest BCUT2D eigenvalue weighted by Gasteiger charge is 2.10. The maximum absolute atomic E-state index is 12.3. The Morgan fingerprint density at radius 3 is 2.43 bits per heavy atom. The lowest BCUT2D eigenvalue weighted by Crippen LogP contribution is -2.17. The fraction of sp³-hybridized carbons (Fsp3) is 0.250. The van der Waals surface area contributed by atoms with E-state index >= 15 is 0 Å². The van der Waals surface area contributed by atoms with Gasteiger partial charge >= 0.3 is 0 Å². The van der Waals surface area contributed by atoms with Gasteiger partial charge in [-0.15, -0.1) is 0 Å². The Kier molecular flexibility index (Phi) is 5.24. The Morgan fingerprint density at radius 2 is 1.78 bits per heavy atom. The number of carbonyl (C=O) groups is 2. The Morgan fingerprint density at radius 1 is 1.09 bits per heavy atom. The summed E-state index contributed by atoms with van der Waals surface area (Å²) in [5, 5.41) is 8.45. The molecule has 0 saturated heterocycles. The van der Waals surface area contributed by atoms with Gasteiger partial charge in [0, 0.05) is 30.5 Å². The molecule has 1 heterocycles. The van der Waals surface area contributed by atoms with Gasteiger partial charge in [-0.3, -0.25) is 9.59 Å². The predicted molar refractivity (Wildman–Crippen MR) is 89.5 cm³/mol. The van der Waals surface area contributed by atoms with Crippen LogP contribution >= 0.6 is 0 Å². The molecule has 1 aromatic carbocycles. The SMILES string of the molecule is CC(=O)Nc1cccc(NC(=O)c2ccnc(NC(C)C)n2)c1. The molecule has 3 N–H and O–H groups in total. The van der Waals surface area contributed by atoms with Crippen LogP contribution in [0.5, 0.6) is 0 Å². The molecule has 0 saturated carbocycles. The first-order valence-electron chi connectivity index (χ1n) is 7.22. The zero-order valence-electron chi connectivity index (χ0n) is 13.3. The number of carbonyl (C=O) groups excluding carboxylic acids is 2. The van der Waals surface area contributed by atoms with Gasteiger partial charge in [0.25, 0.3) is 5.91 Å².